The Labute approximate surface area is 163 Å². The molecule has 26 heavy (non-hydrogen) atoms. The predicted octanol–water partition coefficient (Wildman–Crippen LogP) is 5.01. The van der Waals surface area contributed by atoms with Gasteiger partial charge in [0, 0.05) is 47.1 Å². The van der Waals surface area contributed by atoms with Gasteiger partial charge in [-0.3, -0.25) is 4.79 Å². The van der Waals surface area contributed by atoms with E-state index < -0.39 is 0 Å². The molecular weight excluding hydrogens is 371 g/mol. The van der Waals surface area contributed by atoms with E-state index in [0.717, 1.165) is 42.7 Å². The van der Waals surface area contributed by atoms with Crippen LogP contribution in [0.1, 0.15) is 18.4 Å². The van der Waals surface area contributed by atoms with E-state index in [2.05, 4.69) is 10.6 Å². The van der Waals surface area contributed by atoms with Gasteiger partial charge in [0.2, 0.25) is 5.91 Å². The van der Waals surface area contributed by atoms with Crippen molar-refractivity contribution in [3.05, 3.63) is 58.1 Å². The molecule has 6 heteroatoms. The minimum atomic E-state index is 0.0469. The van der Waals surface area contributed by atoms with Crippen LogP contribution < -0.4 is 10.6 Å². The van der Waals surface area contributed by atoms with Crippen LogP contribution in [0.15, 0.2) is 42.5 Å². The normalized spacial score (nSPS) is 14.8. The zero-order valence-corrected chi connectivity index (χ0v) is 15.9. The number of carbonyl (C=O) groups is 1. The number of halogens is 2. The number of nitrogens with one attached hydrogen (secondary N) is 2. The van der Waals surface area contributed by atoms with Crippen LogP contribution in [0.3, 0.4) is 0 Å². The number of rotatable bonds is 6. The Morgan fingerprint density at radius 2 is 1.73 bits per heavy atom. The van der Waals surface area contributed by atoms with E-state index in [4.69, 9.17) is 27.9 Å². The second-order valence-corrected chi connectivity index (χ2v) is 7.21. The highest BCUT2D eigenvalue weighted by atomic mass is 35.5. The fourth-order valence-electron chi connectivity index (χ4n) is 2.94. The fraction of sp³-hybridized carbons (Fsp3) is 0.350. The summed E-state index contributed by atoms with van der Waals surface area (Å²) in [5, 5.41) is 7.67. The van der Waals surface area contributed by atoms with E-state index in [9.17, 15) is 4.79 Å². The lowest BCUT2D eigenvalue weighted by molar-refractivity contribution is -0.122. The molecule has 1 aliphatic rings. The van der Waals surface area contributed by atoms with E-state index in [1.54, 1.807) is 6.07 Å². The molecule has 0 bridgehead atoms. The maximum Gasteiger partial charge on any atom is 0.227 e. The zero-order valence-electron chi connectivity index (χ0n) is 14.4. The van der Waals surface area contributed by atoms with Crippen molar-refractivity contribution >= 4 is 40.5 Å². The first-order valence-electron chi connectivity index (χ1n) is 8.78. The maximum absolute atomic E-state index is 12.2. The third kappa shape index (κ3) is 5.37. The number of hydrogen-bond donors (Lipinski definition) is 2. The van der Waals surface area contributed by atoms with Crippen LogP contribution in [0, 0.1) is 5.92 Å². The highest BCUT2D eigenvalue weighted by Crippen LogP contribution is 2.22. The molecule has 3 rings (SSSR count). The minimum absolute atomic E-state index is 0.0469. The van der Waals surface area contributed by atoms with Crippen LogP contribution in [0.25, 0.3) is 0 Å². The number of amides is 1. The van der Waals surface area contributed by atoms with Crippen LogP contribution in [-0.4, -0.2) is 25.7 Å². The molecule has 2 N–H and O–H groups in total. The van der Waals surface area contributed by atoms with E-state index in [0.29, 0.717) is 23.3 Å². The highest BCUT2D eigenvalue weighted by molar-refractivity contribution is 6.35. The minimum Gasteiger partial charge on any atom is -0.385 e. The summed E-state index contributed by atoms with van der Waals surface area (Å²) in [4.78, 5) is 12.2. The third-order valence-corrected chi connectivity index (χ3v) is 5.07. The summed E-state index contributed by atoms with van der Waals surface area (Å²) in [7, 11) is 0. The second kappa shape index (κ2) is 9.26. The molecule has 2 aromatic carbocycles. The SMILES string of the molecule is O=C(Nc1ccc(NCCc2ccc(Cl)cc2Cl)cc1)C1CCOCC1. The predicted molar refractivity (Wildman–Crippen MR) is 107 cm³/mol. The number of hydrogen-bond acceptors (Lipinski definition) is 3. The zero-order chi connectivity index (χ0) is 18.4. The first-order valence-corrected chi connectivity index (χ1v) is 9.54. The van der Waals surface area contributed by atoms with Crippen LogP contribution in [0.5, 0.6) is 0 Å². The van der Waals surface area contributed by atoms with Crippen molar-refractivity contribution in [3.63, 3.8) is 0 Å². The molecule has 1 amide bonds. The Kier molecular flexibility index (Phi) is 6.78. The van der Waals surface area contributed by atoms with E-state index >= 15 is 0 Å². The molecule has 1 aliphatic heterocycles. The van der Waals surface area contributed by atoms with Crippen molar-refractivity contribution in [2.45, 2.75) is 19.3 Å². The fourth-order valence-corrected chi connectivity index (χ4v) is 3.44. The molecule has 0 aromatic heterocycles. The molecule has 0 spiro atoms. The molecular formula is C20H22Cl2N2O2. The molecule has 1 heterocycles. The molecule has 0 aliphatic carbocycles. The molecule has 2 aromatic rings. The Morgan fingerprint density at radius 1 is 1.04 bits per heavy atom. The number of ether oxygens (including phenoxy) is 1. The Hall–Kier alpha value is -1.75. The van der Waals surface area contributed by atoms with Crippen LogP contribution >= 0.6 is 23.2 Å². The number of carbonyl (C=O) groups excluding carboxylic acids is 1. The highest BCUT2D eigenvalue weighted by Gasteiger charge is 2.21. The molecule has 138 valence electrons. The summed E-state index contributed by atoms with van der Waals surface area (Å²) in [5.74, 6) is 0.122. The van der Waals surface area contributed by atoms with Crippen molar-refractivity contribution in [2.24, 2.45) is 5.92 Å². The summed E-state index contributed by atoms with van der Waals surface area (Å²) in [6.45, 7) is 2.09. The Balaban J connectivity index is 1.47. The monoisotopic (exact) mass is 392 g/mol. The van der Waals surface area contributed by atoms with Crippen LogP contribution in [0.2, 0.25) is 10.0 Å². The molecule has 0 unspecified atom stereocenters. The second-order valence-electron chi connectivity index (χ2n) is 6.37. The van der Waals surface area contributed by atoms with Gasteiger partial charge in [-0.15, -0.1) is 0 Å². The van der Waals surface area contributed by atoms with E-state index in [1.807, 2.05) is 36.4 Å². The summed E-state index contributed by atoms with van der Waals surface area (Å²) in [5.41, 5.74) is 2.87. The molecule has 0 radical (unpaired) electrons. The van der Waals surface area contributed by atoms with Gasteiger partial charge in [-0.25, -0.2) is 0 Å². The third-order valence-electron chi connectivity index (χ3n) is 4.48. The van der Waals surface area contributed by atoms with E-state index in [-0.39, 0.29) is 11.8 Å². The van der Waals surface area contributed by atoms with Crippen LogP contribution in [-0.2, 0) is 16.0 Å². The van der Waals surface area contributed by atoms with Gasteiger partial charge < -0.3 is 15.4 Å². The first kappa shape index (κ1) is 19.0. The number of benzene rings is 2. The largest absolute Gasteiger partial charge is 0.385 e. The van der Waals surface area contributed by atoms with Crippen molar-refractivity contribution in [1.82, 2.24) is 0 Å². The quantitative estimate of drug-likeness (QED) is 0.725. The van der Waals surface area contributed by atoms with Crippen molar-refractivity contribution in [2.75, 3.05) is 30.4 Å². The summed E-state index contributed by atoms with van der Waals surface area (Å²) in [6, 6.07) is 13.3. The maximum atomic E-state index is 12.2. The standard InChI is InChI=1S/C20H22Cl2N2O2/c21-16-2-1-14(19(22)13-16)7-10-23-17-3-5-18(6-4-17)24-20(25)15-8-11-26-12-9-15/h1-6,13,15,23H,7-12H2,(H,24,25). The average Bonchev–Trinajstić information content (AvgIpc) is 2.65. The molecule has 4 nitrogen and oxygen atoms in total. The van der Waals surface area contributed by atoms with Crippen molar-refractivity contribution < 1.29 is 9.53 Å². The van der Waals surface area contributed by atoms with Gasteiger partial charge in [-0.05, 0) is 61.2 Å². The lowest BCUT2D eigenvalue weighted by Crippen LogP contribution is -2.28. The smallest absolute Gasteiger partial charge is 0.227 e. The number of anilines is 2. The topological polar surface area (TPSA) is 50.4 Å². The van der Waals surface area contributed by atoms with Gasteiger partial charge in [0.25, 0.3) is 0 Å². The lowest BCUT2D eigenvalue weighted by Gasteiger charge is -2.21. The van der Waals surface area contributed by atoms with Crippen molar-refractivity contribution in [3.8, 4) is 0 Å². The summed E-state index contributed by atoms with van der Waals surface area (Å²) >= 11 is 12.1. The van der Waals surface area contributed by atoms with Gasteiger partial charge >= 0.3 is 0 Å². The molecule has 0 atom stereocenters. The van der Waals surface area contributed by atoms with Gasteiger partial charge in [0.15, 0.2) is 0 Å². The van der Waals surface area contributed by atoms with Gasteiger partial charge in [0.1, 0.15) is 0 Å². The van der Waals surface area contributed by atoms with Gasteiger partial charge in [-0.1, -0.05) is 29.3 Å². The summed E-state index contributed by atoms with van der Waals surface area (Å²) < 4.78 is 5.30. The Bertz CT molecular complexity index is 744. The lowest BCUT2D eigenvalue weighted by atomic mass is 9.99. The Morgan fingerprint density at radius 3 is 2.42 bits per heavy atom. The molecule has 1 fully saturated rings. The van der Waals surface area contributed by atoms with Crippen LogP contribution in [0.4, 0.5) is 11.4 Å². The summed E-state index contributed by atoms with van der Waals surface area (Å²) in [6.07, 6.45) is 2.38. The van der Waals surface area contributed by atoms with Gasteiger partial charge in [0.05, 0.1) is 0 Å². The average molecular weight is 393 g/mol. The molecule has 0 saturated carbocycles. The first-order chi connectivity index (χ1) is 12.6. The molecule has 1 saturated heterocycles. The van der Waals surface area contributed by atoms with E-state index in [1.165, 1.54) is 0 Å². The van der Waals surface area contributed by atoms with Gasteiger partial charge in [-0.2, -0.15) is 0 Å². The van der Waals surface area contributed by atoms with Crippen molar-refractivity contribution in [1.29, 1.82) is 0 Å².